The molecule has 0 aliphatic rings. The van der Waals surface area contributed by atoms with Crippen molar-refractivity contribution in [2.75, 3.05) is 13.2 Å². The van der Waals surface area contributed by atoms with Crippen LogP contribution in [0.2, 0.25) is 0 Å². The summed E-state index contributed by atoms with van der Waals surface area (Å²) in [5, 5.41) is 0. The Kier molecular flexibility index (Phi) is 5.33. The van der Waals surface area contributed by atoms with E-state index in [0.29, 0.717) is 19.6 Å². The first-order valence-electron chi connectivity index (χ1n) is 2.14. The molecule has 0 amide bonds. The molecule has 0 aromatic rings. The molecule has 0 heterocycles. The number of rotatable bonds is 4. The predicted molar refractivity (Wildman–Crippen MR) is 26.5 cm³/mol. The fourth-order valence-electron chi connectivity index (χ4n) is 0.216. The lowest BCUT2D eigenvalue weighted by molar-refractivity contribution is 0.168. The van der Waals surface area contributed by atoms with Gasteiger partial charge in [-0.3, -0.25) is 4.79 Å². The summed E-state index contributed by atoms with van der Waals surface area (Å²) in [4.78, 5) is 9.45. The minimum Gasteiger partial charge on any atom is -0.381 e. The molecule has 0 bridgehead atoms. The molecule has 7 heavy (non-hydrogen) atoms. The average Bonchev–Trinajstić information content (AvgIpc) is 1.69. The van der Waals surface area contributed by atoms with Gasteiger partial charge in [0.15, 0.2) is 0 Å². The van der Waals surface area contributed by atoms with Gasteiger partial charge in [-0.05, 0) is 6.92 Å². The zero-order valence-electron chi connectivity index (χ0n) is 4.14. The van der Waals surface area contributed by atoms with Gasteiger partial charge in [-0.2, -0.15) is 0 Å². The molecule has 0 saturated carbocycles. The van der Waals surface area contributed by atoms with Crippen molar-refractivity contribution in [2.24, 2.45) is 0 Å². The van der Waals surface area contributed by atoms with Crippen LogP contribution < -0.4 is 0 Å². The van der Waals surface area contributed by atoms with E-state index in [1.807, 2.05) is 0 Å². The molecule has 0 aromatic carbocycles. The van der Waals surface area contributed by atoms with Gasteiger partial charge >= 0.3 is 0 Å². The maximum atomic E-state index is 9.45. The second-order valence-corrected chi connectivity index (χ2v) is 1.01. The average molecular weight is 100 g/mol. The van der Waals surface area contributed by atoms with Gasteiger partial charge in [0.2, 0.25) is 6.29 Å². The van der Waals surface area contributed by atoms with Crippen molar-refractivity contribution in [1.29, 1.82) is 0 Å². The molecular formula is C5H8O2. The second-order valence-electron chi connectivity index (χ2n) is 1.01. The molecule has 0 aromatic heterocycles. The first-order chi connectivity index (χ1) is 3.41. The van der Waals surface area contributed by atoms with E-state index in [-0.39, 0.29) is 0 Å². The monoisotopic (exact) mass is 100 g/mol. The van der Waals surface area contributed by atoms with Crippen molar-refractivity contribution in [3.63, 3.8) is 0 Å². The highest BCUT2D eigenvalue weighted by molar-refractivity contribution is 5.50. The zero-order chi connectivity index (χ0) is 5.54. The number of hydrogen-bond donors (Lipinski definition) is 0. The summed E-state index contributed by atoms with van der Waals surface area (Å²) in [6.07, 6.45) is 2.06. The summed E-state index contributed by atoms with van der Waals surface area (Å²) in [7, 11) is 0. The third-order valence-electron chi connectivity index (χ3n) is 0.493. The normalized spacial score (nSPS) is 8.71. The summed E-state index contributed by atoms with van der Waals surface area (Å²) in [5.74, 6) is 0. The topological polar surface area (TPSA) is 26.3 Å². The van der Waals surface area contributed by atoms with Gasteiger partial charge in [0, 0.05) is 13.0 Å². The molecule has 2 nitrogen and oxygen atoms in total. The van der Waals surface area contributed by atoms with Gasteiger partial charge in [-0.25, -0.2) is 0 Å². The Bertz CT molecular complexity index is 43.3. The standard InChI is InChI=1S/C5H8O2/c1-2-7-5-3-4-6/h1-3,5H2. The SMILES string of the molecule is [CH2]COCC[C]=O. The van der Waals surface area contributed by atoms with Crippen LogP contribution in [0.1, 0.15) is 6.42 Å². The third-order valence-corrected chi connectivity index (χ3v) is 0.493. The Balaban J connectivity index is 2.56. The molecule has 0 unspecified atom stereocenters. The van der Waals surface area contributed by atoms with Gasteiger partial charge in [-0.15, -0.1) is 0 Å². The Morgan fingerprint density at radius 2 is 2.43 bits per heavy atom. The lowest BCUT2D eigenvalue weighted by Crippen LogP contribution is -1.92. The summed E-state index contributed by atoms with van der Waals surface area (Å²) >= 11 is 0. The number of ether oxygens (including phenoxy) is 1. The molecule has 2 radical (unpaired) electrons. The molecule has 0 N–H and O–H groups in total. The predicted octanol–water partition coefficient (Wildman–Crippen LogP) is 0.337. The van der Waals surface area contributed by atoms with Crippen molar-refractivity contribution in [3.05, 3.63) is 6.92 Å². The van der Waals surface area contributed by atoms with Gasteiger partial charge in [0.1, 0.15) is 0 Å². The van der Waals surface area contributed by atoms with Crippen LogP contribution in [0.5, 0.6) is 0 Å². The van der Waals surface area contributed by atoms with Crippen LogP contribution in [0, 0.1) is 6.92 Å². The van der Waals surface area contributed by atoms with E-state index in [4.69, 9.17) is 4.74 Å². The molecule has 0 atom stereocenters. The van der Waals surface area contributed by atoms with Crippen molar-refractivity contribution in [3.8, 4) is 0 Å². The Morgan fingerprint density at radius 1 is 1.71 bits per heavy atom. The fraction of sp³-hybridized carbons (Fsp3) is 0.600. The molecule has 0 aliphatic heterocycles. The maximum absolute atomic E-state index is 9.45. The summed E-state index contributed by atoms with van der Waals surface area (Å²) in [6.45, 7) is 4.29. The summed E-state index contributed by atoms with van der Waals surface area (Å²) < 4.78 is 4.70. The van der Waals surface area contributed by atoms with E-state index in [1.165, 1.54) is 0 Å². The van der Waals surface area contributed by atoms with Gasteiger partial charge < -0.3 is 4.74 Å². The van der Waals surface area contributed by atoms with Crippen LogP contribution in [0.3, 0.4) is 0 Å². The van der Waals surface area contributed by atoms with E-state index >= 15 is 0 Å². The smallest absolute Gasteiger partial charge is 0.200 e. The van der Waals surface area contributed by atoms with E-state index in [0.717, 1.165) is 0 Å². The number of carbonyl (C=O) groups excluding carboxylic acids is 1. The van der Waals surface area contributed by atoms with Crippen LogP contribution in [0.15, 0.2) is 0 Å². The highest BCUT2D eigenvalue weighted by Gasteiger charge is 1.79. The lowest BCUT2D eigenvalue weighted by Gasteiger charge is -1.90. The molecule has 0 saturated heterocycles. The van der Waals surface area contributed by atoms with Crippen LogP contribution in [0.25, 0.3) is 0 Å². The first kappa shape index (κ1) is 6.63. The van der Waals surface area contributed by atoms with E-state index in [2.05, 4.69) is 6.92 Å². The van der Waals surface area contributed by atoms with Crippen LogP contribution in [-0.2, 0) is 9.53 Å². The molecule has 0 aliphatic carbocycles. The van der Waals surface area contributed by atoms with E-state index in [9.17, 15) is 4.79 Å². The van der Waals surface area contributed by atoms with Gasteiger partial charge in [0.25, 0.3) is 0 Å². The summed E-state index contributed by atoms with van der Waals surface area (Å²) in [6, 6.07) is 0. The summed E-state index contributed by atoms with van der Waals surface area (Å²) in [5.41, 5.74) is 0. The van der Waals surface area contributed by atoms with Crippen molar-refractivity contribution in [1.82, 2.24) is 0 Å². The Labute approximate surface area is 43.5 Å². The first-order valence-corrected chi connectivity index (χ1v) is 2.14. The van der Waals surface area contributed by atoms with Crippen molar-refractivity contribution < 1.29 is 9.53 Å². The minimum absolute atomic E-state index is 0.357. The number of hydrogen-bond acceptors (Lipinski definition) is 2. The third kappa shape index (κ3) is 5.63. The van der Waals surface area contributed by atoms with Gasteiger partial charge in [0.05, 0.1) is 6.61 Å². The van der Waals surface area contributed by atoms with Crippen molar-refractivity contribution >= 4 is 6.29 Å². The lowest BCUT2D eigenvalue weighted by atomic mass is 10.5. The molecule has 0 rings (SSSR count). The Morgan fingerprint density at radius 3 is 2.86 bits per heavy atom. The Hall–Kier alpha value is -0.370. The molecular weight excluding hydrogens is 92.1 g/mol. The largest absolute Gasteiger partial charge is 0.381 e. The highest BCUT2D eigenvalue weighted by atomic mass is 16.5. The molecule has 2 heteroatoms. The zero-order valence-corrected chi connectivity index (χ0v) is 4.14. The van der Waals surface area contributed by atoms with Crippen LogP contribution in [0.4, 0.5) is 0 Å². The minimum atomic E-state index is 0.357. The van der Waals surface area contributed by atoms with E-state index in [1.54, 1.807) is 6.29 Å². The maximum Gasteiger partial charge on any atom is 0.200 e. The van der Waals surface area contributed by atoms with E-state index < -0.39 is 0 Å². The van der Waals surface area contributed by atoms with Crippen molar-refractivity contribution in [2.45, 2.75) is 6.42 Å². The quantitative estimate of drug-likeness (QED) is 0.476. The molecule has 0 spiro atoms. The van der Waals surface area contributed by atoms with Crippen LogP contribution >= 0.6 is 0 Å². The molecule has 0 fully saturated rings. The fourth-order valence-corrected chi connectivity index (χ4v) is 0.216. The highest BCUT2D eigenvalue weighted by Crippen LogP contribution is 1.74. The van der Waals surface area contributed by atoms with Gasteiger partial charge in [-0.1, -0.05) is 0 Å². The molecule has 40 valence electrons. The second kappa shape index (κ2) is 5.63. The van der Waals surface area contributed by atoms with Crippen LogP contribution in [-0.4, -0.2) is 19.5 Å².